The van der Waals surface area contributed by atoms with Gasteiger partial charge in [0.2, 0.25) is 5.90 Å². The molecule has 0 aliphatic carbocycles. The van der Waals surface area contributed by atoms with Gasteiger partial charge in [-0.2, -0.15) is 13.2 Å². The highest BCUT2D eigenvalue weighted by Crippen LogP contribution is 2.25. The third-order valence-electron chi connectivity index (χ3n) is 1.00. The van der Waals surface area contributed by atoms with Gasteiger partial charge in [0, 0.05) is 6.20 Å². The topological polar surface area (TPSA) is 21.6 Å². The van der Waals surface area contributed by atoms with Crippen molar-refractivity contribution in [3.63, 3.8) is 0 Å². The molecule has 0 aromatic heterocycles. The fourth-order valence-corrected chi connectivity index (χ4v) is 0.458. The van der Waals surface area contributed by atoms with Crippen LogP contribution in [0, 0.1) is 0 Å². The van der Waals surface area contributed by atoms with Crippen molar-refractivity contribution >= 4 is 5.90 Å². The quantitative estimate of drug-likeness (QED) is 0.470. The Bertz CT molecular complexity index is 217. The van der Waals surface area contributed by atoms with E-state index in [1.165, 1.54) is 0 Å². The number of nitrogens with zero attached hydrogens (tertiary/aromatic N) is 1. The average molecular weight is 179 g/mol. The van der Waals surface area contributed by atoms with Crippen LogP contribution in [-0.4, -0.2) is 19.2 Å². The molecule has 0 N–H and O–H groups in total. The van der Waals surface area contributed by atoms with Crippen LogP contribution in [0.25, 0.3) is 0 Å². The Balaban J connectivity index is 4.66. The molecule has 0 saturated carbocycles. The predicted molar refractivity (Wildman–Crippen MR) is 39.8 cm³/mol. The van der Waals surface area contributed by atoms with E-state index in [9.17, 15) is 13.2 Å². The Labute approximate surface area is 68.1 Å². The summed E-state index contributed by atoms with van der Waals surface area (Å²) < 4.78 is 40.1. The molecular weight excluding hydrogens is 171 g/mol. The third kappa shape index (κ3) is 2.77. The maximum absolute atomic E-state index is 11.9. The zero-order valence-corrected chi connectivity index (χ0v) is 6.48. The number of rotatable bonds is 2. The highest BCUT2D eigenvalue weighted by molar-refractivity contribution is 5.94. The highest BCUT2D eigenvalue weighted by atomic mass is 19.4. The number of alkyl halides is 3. The molecule has 0 bridgehead atoms. The number of halogens is 3. The van der Waals surface area contributed by atoms with Gasteiger partial charge >= 0.3 is 6.18 Å². The molecule has 0 aliphatic heterocycles. The van der Waals surface area contributed by atoms with Gasteiger partial charge in [0.1, 0.15) is 5.57 Å². The summed E-state index contributed by atoms with van der Waals surface area (Å²) in [6.07, 6.45) is -3.56. The van der Waals surface area contributed by atoms with E-state index in [1.54, 1.807) is 0 Å². The lowest BCUT2D eigenvalue weighted by molar-refractivity contribution is -0.0872. The Kier molecular flexibility index (Phi) is 3.53. The van der Waals surface area contributed by atoms with Crippen LogP contribution >= 0.6 is 0 Å². The van der Waals surface area contributed by atoms with Crippen molar-refractivity contribution in [2.24, 2.45) is 4.99 Å². The van der Waals surface area contributed by atoms with Gasteiger partial charge in [-0.1, -0.05) is 13.2 Å². The first-order valence-corrected chi connectivity index (χ1v) is 2.92. The molecule has 0 saturated heterocycles. The fraction of sp³-hybridized carbons (Fsp3) is 0.286. The number of hydrogen-bond donors (Lipinski definition) is 0. The Morgan fingerprint density at radius 1 is 1.50 bits per heavy atom. The minimum absolute atomic E-state index is 0.572. The first kappa shape index (κ1) is 10.7. The molecule has 0 amide bonds. The molecule has 0 atom stereocenters. The Morgan fingerprint density at radius 2 is 2.00 bits per heavy atom. The highest BCUT2D eigenvalue weighted by Gasteiger charge is 2.35. The molecule has 0 fully saturated rings. The van der Waals surface area contributed by atoms with Crippen molar-refractivity contribution in [3.05, 3.63) is 24.9 Å². The molecule has 0 aromatic rings. The number of ether oxygens (including phenoxy) is 1. The lowest BCUT2D eigenvalue weighted by atomic mass is 10.3. The molecule has 0 radical (unpaired) electrons. The average Bonchev–Trinajstić information content (AvgIpc) is 1.97. The first-order valence-electron chi connectivity index (χ1n) is 2.92. The van der Waals surface area contributed by atoms with E-state index >= 15 is 0 Å². The van der Waals surface area contributed by atoms with E-state index in [1.807, 2.05) is 0 Å². The minimum atomic E-state index is -4.52. The molecule has 68 valence electrons. The summed E-state index contributed by atoms with van der Waals surface area (Å²) in [7, 11) is 1.08. The van der Waals surface area contributed by atoms with E-state index in [0.717, 1.165) is 13.3 Å². The molecular formula is C7H8F3NO. The molecule has 0 spiro atoms. The number of aliphatic imine (C=N–C) groups is 1. The Hall–Kier alpha value is -1.26. The molecule has 2 nitrogen and oxygen atoms in total. The van der Waals surface area contributed by atoms with E-state index in [0.29, 0.717) is 0 Å². The number of methoxy groups -OCH3 is 1. The van der Waals surface area contributed by atoms with Gasteiger partial charge in [-0.05, 0) is 0 Å². The van der Waals surface area contributed by atoms with Crippen LogP contribution in [0.15, 0.2) is 29.9 Å². The largest absolute Gasteiger partial charge is 0.481 e. The first-order chi connectivity index (χ1) is 5.43. The van der Waals surface area contributed by atoms with E-state index in [-0.39, 0.29) is 0 Å². The summed E-state index contributed by atoms with van der Waals surface area (Å²) in [6, 6.07) is 0. The van der Waals surface area contributed by atoms with Gasteiger partial charge in [-0.3, -0.25) is 0 Å². The molecule has 5 heteroatoms. The molecule has 0 heterocycles. The fourth-order valence-electron chi connectivity index (χ4n) is 0.458. The van der Waals surface area contributed by atoms with Crippen molar-refractivity contribution in [3.8, 4) is 0 Å². The van der Waals surface area contributed by atoms with Crippen molar-refractivity contribution in [2.75, 3.05) is 7.11 Å². The predicted octanol–water partition coefficient (Wildman–Crippen LogP) is 2.29. The van der Waals surface area contributed by atoms with Gasteiger partial charge in [0.15, 0.2) is 0 Å². The maximum Gasteiger partial charge on any atom is 0.421 e. The van der Waals surface area contributed by atoms with E-state index < -0.39 is 17.6 Å². The smallest absolute Gasteiger partial charge is 0.421 e. The van der Waals surface area contributed by atoms with Crippen LogP contribution in [-0.2, 0) is 4.74 Å². The monoisotopic (exact) mass is 179 g/mol. The van der Waals surface area contributed by atoms with Crippen LogP contribution in [0.2, 0.25) is 0 Å². The van der Waals surface area contributed by atoms with Crippen molar-refractivity contribution in [1.29, 1.82) is 0 Å². The summed E-state index contributed by atoms with van der Waals surface area (Å²) in [5, 5.41) is 0. The summed E-state index contributed by atoms with van der Waals surface area (Å²) in [5.41, 5.74) is -1.12. The summed E-state index contributed by atoms with van der Waals surface area (Å²) >= 11 is 0. The van der Waals surface area contributed by atoms with E-state index in [2.05, 4.69) is 22.9 Å². The van der Waals surface area contributed by atoms with Gasteiger partial charge in [-0.15, -0.1) is 0 Å². The SMILES string of the molecule is C=CN=C(OC)C(=C)C(F)(F)F. The van der Waals surface area contributed by atoms with Crippen LogP contribution in [0.1, 0.15) is 0 Å². The standard InChI is InChI=1S/C7H8F3NO/c1-4-11-6(12-3)5(2)7(8,9)10/h4H,1-2H2,3H3. The van der Waals surface area contributed by atoms with Crippen LogP contribution in [0.5, 0.6) is 0 Å². The second kappa shape index (κ2) is 3.94. The lowest BCUT2D eigenvalue weighted by Crippen LogP contribution is -2.20. The lowest BCUT2D eigenvalue weighted by Gasteiger charge is -2.10. The van der Waals surface area contributed by atoms with Crippen LogP contribution in [0.3, 0.4) is 0 Å². The van der Waals surface area contributed by atoms with Crippen molar-refractivity contribution in [2.45, 2.75) is 6.18 Å². The molecule has 0 aliphatic rings. The maximum atomic E-state index is 11.9. The zero-order valence-electron chi connectivity index (χ0n) is 6.48. The molecule has 0 aromatic carbocycles. The zero-order chi connectivity index (χ0) is 9.78. The van der Waals surface area contributed by atoms with Gasteiger partial charge in [0.05, 0.1) is 7.11 Å². The normalized spacial score (nSPS) is 12.5. The summed E-state index contributed by atoms with van der Waals surface area (Å²) in [4.78, 5) is 3.25. The minimum Gasteiger partial charge on any atom is -0.481 e. The number of hydrogen-bond acceptors (Lipinski definition) is 2. The summed E-state index contributed by atoms with van der Waals surface area (Å²) in [5.74, 6) is -0.572. The van der Waals surface area contributed by atoms with Gasteiger partial charge in [0.25, 0.3) is 0 Å². The third-order valence-corrected chi connectivity index (χ3v) is 1.00. The van der Waals surface area contributed by atoms with Gasteiger partial charge < -0.3 is 4.74 Å². The van der Waals surface area contributed by atoms with Crippen molar-refractivity contribution in [1.82, 2.24) is 0 Å². The summed E-state index contributed by atoms with van der Waals surface area (Å²) in [6.45, 7) is 5.92. The van der Waals surface area contributed by atoms with Crippen LogP contribution < -0.4 is 0 Å². The van der Waals surface area contributed by atoms with Crippen LogP contribution in [0.4, 0.5) is 13.2 Å². The van der Waals surface area contributed by atoms with Gasteiger partial charge in [-0.25, -0.2) is 4.99 Å². The van der Waals surface area contributed by atoms with E-state index in [4.69, 9.17) is 0 Å². The van der Waals surface area contributed by atoms with Crippen molar-refractivity contribution < 1.29 is 17.9 Å². The molecule has 12 heavy (non-hydrogen) atoms. The second-order valence-electron chi connectivity index (χ2n) is 1.80. The second-order valence-corrected chi connectivity index (χ2v) is 1.80. The molecule has 0 unspecified atom stereocenters. The molecule has 0 rings (SSSR count). The Morgan fingerprint density at radius 3 is 2.25 bits per heavy atom.